The van der Waals surface area contributed by atoms with Crippen molar-refractivity contribution < 1.29 is 4.79 Å². The number of nitrogens with zero attached hydrogens (tertiary/aromatic N) is 1. The average molecular weight is 227 g/mol. The molecule has 0 bridgehead atoms. The third-order valence-electron chi connectivity index (χ3n) is 1.23. The third kappa shape index (κ3) is 2.47. The van der Waals surface area contributed by atoms with Gasteiger partial charge in [-0.15, -0.1) is 0 Å². The number of hydrogen-bond donors (Lipinski definition) is 1. The number of halogens is 1. The van der Waals surface area contributed by atoms with E-state index in [1.807, 2.05) is 0 Å². The molecule has 0 atom stereocenters. The summed E-state index contributed by atoms with van der Waals surface area (Å²) in [6.45, 7) is 0. The second-order valence-corrected chi connectivity index (χ2v) is 2.99. The van der Waals surface area contributed by atoms with Crippen LogP contribution in [0.4, 0.5) is 0 Å². The van der Waals surface area contributed by atoms with Gasteiger partial charge in [0.05, 0.1) is 0 Å². The summed E-state index contributed by atoms with van der Waals surface area (Å²) in [7, 11) is 0. The molecule has 0 aliphatic rings. The number of amides is 1. The van der Waals surface area contributed by atoms with Crippen LogP contribution in [-0.2, 0) is 4.79 Å². The van der Waals surface area contributed by atoms with Gasteiger partial charge in [-0.1, -0.05) is 0 Å². The van der Waals surface area contributed by atoms with E-state index in [4.69, 9.17) is 5.73 Å². The molecule has 4 heteroatoms. The fourth-order valence-corrected chi connectivity index (χ4v) is 1.08. The van der Waals surface area contributed by atoms with Crippen LogP contribution in [0.3, 0.4) is 0 Å². The molecule has 0 saturated heterocycles. The lowest BCUT2D eigenvalue weighted by atomic mass is 10.2. The van der Waals surface area contributed by atoms with Gasteiger partial charge in [0, 0.05) is 22.9 Å². The predicted octanol–water partition coefficient (Wildman–Crippen LogP) is 1.34. The van der Waals surface area contributed by atoms with Crippen molar-refractivity contribution >= 4 is 27.9 Å². The Morgan fingerprint density at radius 2 is 2.42 bits per heavy atom. The first-order valence-corrected chi connectivity index (χ1v) is 4.06. The molecular weight excluding hydrogens is 220 g/mol. The molecule has 62 valence electrons. The number of pyridine rings is 1. The van der Waals surface area contributed by atoms with E-state index in [2.05, 4.69) is 20.9 Å². The lowest BCUT2D eigenvalue weighted by molar-refractivity contribution is -0.113. The molecule has 0 unspecified atom stereocenters. The topological polar surface area (TPSA) is 56.0 Å². The van der Waals surface area contributed by atoms with E-state index < -0.39 is 5.91 Å². The van der Waals surface area contributed by atoms with E-state index in [9.17, 15) is 4.79 Å². The molecular formula is C8H7BrN2O. The molecule has 0 spiro atoms. The Hall–Kier alpha value is -1.16. The SMILES string of the molecule is NC(=O)C=Cc1ccncc1Br. The summed E-state index contributed by atoms with van der Waals surface area (Å²) in [6.07, 6.45) is 6.24. The minimum atomic E-state index is -0.460. The molecule has 0 aromatic carbocycles. The molecule has 2 N–H and O–H groups in total. The van der Waals surface area contributed by atoms with Gasteiger partial charge in [0.1, 0.15) is 0 Å². The number of rotatable bonds is 2. The van der Waals surface area contributed by atoms with Crippen LogP contribution in [0.25, 0.3) is 6.08 Å². The highest BCUT2D eigenvalue weighted by Crippen LogP contribution is 2.15. The molecule has 0 saturated carbocycles. The fourth-order valence-electron chi connectivity index (χ4n) is 0.693. The van der Waals surface area contributed by atoms with Gasteiger partial charge >= 0.3 is 0 Å². The summed E-state index contributed by atoms with van der Waals surface area (Å²) in [5.41, 5.74) is 5.81. The lowest BCUT2D eigenvalue weighted by Crippen LogP contribution is -2.05. The van der Waals surface area contributed by atoms with Gasteiger partial charge < -0.3 is 5.73 Å². The minimum absolute atomic E-state index is 0.460. The Morgan fingerprint density at radius 3 is 3.00 bits per heavy atom. The molecule has 0 fully saturated rings. The van der Waals surface area contributed by atoms with Crippen LogP contribution in [0.1, 0.15) is 5.56 Å². The molecule has 1 aromatic heterocycles. The summed E-state index contributed by atoms with van der Waals surface area (Å²) in [5.74, 6) is -0.460. The van der Waals surface area contributed by atoms with Crippen LogP contribution in [0.5, 0.6) is 0 Å². The van der Waals surface area contributed by atoms with Gasteiger partial charge in [-0.25, -0.2) is 0 Å². The zero-order chi connectivity index (χ0) is 8.97. The lowest BCUT2D eigenvalue weighted by Gasteiger charge is -1.94. The Morgan fingerprint density at radius 1 is 1.67 bits per heavy atom. The van der Waals surface area contributed by atoms with Crippen molar-refractivity contribution in [1.29, 1.82) is 0 Å². The summed E-state index contributed by atoms with van der Waals surface area (Å²) in [5, 5.41) is 0. The first kappa shape index (κ1) is 8.93. The van der Waals surface area contributed by atoms with E-state index in [0.717, 1.165) is 10.0 Å². The zero-order valence-corrected chi connectivity index (χ0v) is 7.78. The highest BCUT2D eigenvalue weighted by atomic mass is 79.9. The van der Waals surface area contributed by atoms with Gasteiger partial charge in [-0.3, -0.25) is 9.78 Å². The van der Waals surface area contributed by atoms with Gasteiger partial charge in [-0.2, -0.15) is 0 Å². The predicted molar refractivity (Wildman–Crippen MR) is 50.2 cm³/mol. The van der Waals surface area contributed by atoms with Crippen molar-refractivity contribution in [3.8, 4) is 0 Å². The smallest absolute Gasteiger partial charge is 0.241 e. The molecule has 12 heavy (non-hydrogen) atoms. The maximum atomic E-state index is 10.4. The summed E-state index contributed by atoms with van der Waals surface area (Å²) in [4.78, 5) is 14.3. The quantitative estimate of drug-likeness (QED) is 0.775. The summed E-state index contributed by atoms with van der Waals surface area (Å²) in [6, 6.07) is 1.78. The van der Waals surface area contributed by atoms with Gasteiger partial charge in [-0.05, 0) is 33.6 Å². The standard InChI is InChI=1S/C8H7BrN2O/c9-7-5-11-4-3-6(7)1-2-8(10)12/h1-5H,(H2,10,12). The third-order valence-corrected chi connectivity index (χ3v) is 1.89. The monoisotopic (exact) mass is 226 g/mol. The maximum Gasteiger partial charge on any atom is 0.241 e. The van der Waals surface area contributed by atoms with Crippen molar-refractivity contribution in [2.24, 2.45) is 5.73 Å². The van der Waals surface area contributed by atoms with E-state index >= 15 is 0 Å². The number of nitrogens with two attached hydrogens (primary N) is 1. The van der Waals surface area contributed by atoms with Crippen LogP contribution in [0.15, 0.2) is 29.0 Å². The zero-order valence-electron chi connectivity index (χ0n) is 6.20. The Balaban J connectivity index is 2.89. The van der Waals surface area contributed by atoms with Gasteiger partial charge in [0.25, 0.3) is 0 Å². The van der Waals surface area contributed by atoms with E-state index in [0.29, 0.717) is 0 Å². The molecule has 0 radical (unpaired) electrons. The van der Waals surface area contributed by atoms with Crippen LogP contribution < -0.4 is 5.73 Å². The van der Waals surface area contributed by atoms with Crippen LogP contribution in [0.2, 0.25) is 0 Å². The van der Waals surface area contributed by atoms with Crippen LogP contribution in [0, 0.1) is 0 Å². The Bertz CT molecular complexity index is 323. The molecule has 1 rings (SSSR count). The fraction of sp³-hybridized carbons (Fsp3) is 0. The number of hydrogen-bond acceptors (Lipinski definition) is 2. The van der Waals surface area contributed by atoms with Crippen LogP contribution >= 0.6 is 15.9 Å². The van der Waals surface area contributed by atoms with Crippen molar-refractivity contribution in [3.63, 3.8) is 0 Å². The van der Waals surface area contributed by atoms with E-state index in [1.165, 1.54) is 6.08 Å². The van der Waals surface area contributed by atoms with Gasteiger partial charge in [0.15, 0.2) is 0 Å². The summed E-state index contributed by atoms with van der Waals surface area (Å²) >= 11 is 3.28. The Labute approximate surface area is 78.4 Å². The molecule has 0 aliphatic carbocycles. The highest BCUT2D eigenvalue weighted by Gasteiger charge is 1.93. The molecule has 0 aliphatic heterocycles. The number of aromatic nitrogens is 1. The highest BCUT2D eigenvalue weighted by molar-refractivity contribution is 9.10. The first-order valence-electron chi connectivity index (χ1n) is 3.27. The molecule has 1 aromatic rings. The first-order chi connectivity index (χ1) is 5.70. The van der Waals surface area contributed by atoms with Crippen molar-refractivity contribution in [3.05, 3.63) is 34.6 Å². The van der Waals surface area contributed by atoms with Crippen molar-refractivity contribution in [2.75, 3.05) is 0 Å². The molecule has 1 amide bonds. The molecule has 1 heterocycles. The van der Waals surface area contributed by atoms with Gasteiger partial charge in [0.2, 0.25) is 5.91 Å². The maximum absolute atomic E-state index is 10.4. The van der Waals surface area contributed by atoms with E-state index in [1.54, 1.807) is 24.5 Å². The summed E-state index contributed by atoms with van der Waals surface area (Å²) < 4.78 is 0.836. The Kier molecular flexibility index (Phi) is 2.99. The minimum Gasteiger partial charge on any atom is -0.366 e. The number of carbonyl (C=O) groups excluding carboxylic acids is 1. The van der Waals surface area contributed by atoms with Crippen LogP contribution in [-0.4, -0.2) is 10.9 Å². The number of primary amides is 1. The van der Waals surface area contributed by atoms with Crippen molar-refractivity contribution in [1.82, 2.24) is 4.98 Å². The average Bonchev–Trinajstić information content (AvgIpc) is 2.03. The molecule has 3 nitrogen and oxygen atoms in total. The second-order valence-electron chi connectivity index (χ2n) is 2.13. The number of carbonyl (C=O) groups is 1. The normalized spacial score (nSPS) is 10.4. The van der Waals surface area contributed by atoms with Crippen molar-refractivity contribution in [2.45, 2.75) is 0 Å². The largest absolute Gasteiger partial charge is 0.366 e. The van der Waals surface area contributed by atoms with E-state index in [-0.39, 0.29) is 0 Å². The second kappa shape index (κ2) is 4.01.